The van der Waals surface area contributed by atoms with Gasteiger partial charge in [0.25, 0.3) is 0 Å². The maximum Gasteiger partial charge on any atom is 0.339 e. The van der Waals surface area contributed by atoms with Crippen LogP contribution in [0, 0.1) is 19.8 Å². The fourth-order valence-electron chi connectivity index (χ4n) is 1.72. The van der Waals surface area contributed by atoms with Crippen LogP contribution in [0.15, 0.2) is 0 Å². The SMILES string of the molecule is Cc1nn(COCC2CC2)c(C)c1C(=O)O. The Hall–Kier alpha value is -1.36. The van der Waals surface area contributed by atoms with Gasteiger partial charge in [-0.2, -0.15) is 5.10 Å². The predicted octanol–water partition coefficient (Wildman–Crippen LogP) is 1.58. The van der Waals surface area contributed by atoms with Gasteiger partial charge in [0.1, 0.15) is 12.3 Å². The second-order valence-electron chi connectivity index (χ2n) is 4.29. The van der Waals surface area contributed by atoms with E-state index in [2.05, 4.69) is 5.10 Å². The van der Waals surface area contributed by atoms with Crippen LogP contribution in [0.3, 0.4) is 0 Å². The number of rotatable bonds is 5. The fraction of sp³-hybridized carbons (Fsp3) is 0.636. The molecule has 1 fully saturated rings. The lowest BCUT2D eigenvalue weighted by molar-refractivity contribution is 0.0593. The average Bonchev–Trinajstić information content (AvgIpc) is 2.94. The number of nitrogens with zero attached hydrogens (tertiary/aromatic N) is 2. The summed E-state index contributed by atoms with van der Waals surface area (Å²) in [5.41, 5.74) is 1.48. The summed E-state index contributed by atoms with van der Waals surface area (Å²) in [6, 6.07) is 0. The van der Waals surface area contributed by atoms with Gasteiger partial charge in [0.05, 0.1) is 18.0 Å². The van der Waals surface area contributed by atoms with Gasteiger partial charge in [-0.05, 0) is 32.6 Å². The topological polar surface area (TPSA) is 64.4 Å². The quantitative estimate of drug-likeness (QED) is 0.824. The van der Waals surface area contributed by atoms with E-state index in [0.717, 1.165) is 6.61 Å². The Morgan fingerprint density at radius 3 is 2.75 bits per heavy atom. The summed E-state index contributed by atoms with van der Waals surface area (Å²) in [6.07, 6.45) is 2.50. The van der Waals surface area contributed by atoms with E-state index in [0.29, 0.717) is 24.0 Å². The van der Waals surface area contributed by atoms with Crippen molar-refractivity contribution in [1.82, 2.24) is 9.78 Å². The molecule has 0 unspecified atom stereocenters. The Balaban J connectivity index is 2.02. The number of carboxylic acid groups (broad SMARTS) is 1. The van der Waals surface area contributed by atoms with Gasteiger partial charge in [0.2, 0.25) is 0 Å². The number of carbonyl (C=O) groups is 1. The van der Waals surface area contributed by atoms with E-state index in [9.17, 15) is 4.79 Å². The van der Waals surface area contributed by atoms with Crippen molar-refractivity contribution in [1.29, 1.82) is 0 Å². The molecule has 1 aliphatic carbocycles. The van der Waals surface area contributed by atoms with Gasteiger partial charge in [-0.1, -0.05) is 0 Å². The van der Waals surface area contributed by atoms with Crippen molar-refractivity contribution in [3.63, 3.8) is 0 Å². The Bertz CT molecular complexity index is 408. The minimum absolute atomic E-state index is 0.287. The number of carboxylic acids is 1. The highest BCUT2D eigenvalue weighted by molar-refractivity contribution is 5.90. The molecular formula is C11H16N2O3. The summed E-state index contributed by atoms with van der Waals surface area (Å²) >= 11 is 0. The molecule has 0 spiro atoms. The largest absolute Gasteiger partial charge is 0.478 e. The maximum atomic E-state index is 11.0. The van der Waals surface area contributed by atoms with Crippen LogP contribution in [-0.4, -0.2) is 27.5 Å². The van der Waals surface area contributed by atoms with Crippen molar-refractivity contribution in [3.8, 4) is 0 Å². The lowest BCUT2D eigenvalue weighted by atomic mass is 10.2. The highest BCUT2D eigenvalue weighted by Crippen LogP contribution is 2.28. The van der Waals surface area contributed by atoms with Crippen LogP contribution in [0.25, 0.3) is 0 Å². The summed E-state index contributed by atoms with van der Waals surface area (Å²) in [6.45, 7) is 4.55. The molecule has 1 heterocycles. The van der Waals surface area contributed by atoms with E-state index in [1.54, 1.807) is 18.5 Å². The highest BCUT2D eigenvalue weighted by atomic mass is 16.5. The normalized spacial score (nSPS) is 15.4. The number of aryl methyl sites for hydroxylation is 1. The molecule has 16 heavy (non-hydrogen) atoms. The average molecular weight is 224 g/mol. The highest BCUT2D eigenvalue weighted by Gasteiger charge is 2.22. The van der Waals surface area contributed by atoms with Gasteiger partial charge >= 0.3 is 5.97 Å². The molecule has 0 saturated heterocycles. The molecule has 0 atom stereocenters. The minimum atomic E-state index is -0.927. The molecule has 0 aliphatic heterocycles. The smallest absolute Gasteiger partial charge is 0.339 e. The van der Waals surface area contributed by atoms with Crippen LogP contribution in [-0.2, 0) is 11.5 Å². The molecular weight excluding hydrogens is 208 g/mol. The molecule has 2 rings (SSSR count). The fourth-order valence-corrected chi connectivity index (χ4v) is 1.72. The van der Waals surface area contributed by atoms with E-state index < -0.39 is 5.97 Å². The molecule has 1 aromatic heterocycles. The zero-order valence-electron chi connectivity index (χ0n) is 9.56. The molecule has 1 aliphatic rings. The number of hydrogen-bond acceptors (Lipinski definition) is 3. The number of aromatic carboxylic acids is 1. The van der Waals surface area contributed by atoms with Crippen LogP contribution in [0.4, 0.5) is 0 Å². The predicted molar refractivity (Wildman–Crippen MR) is 57.3 cm³/mol. The van der Waals surface area contributed by atoms with Gasteiger partial charge < -0.3 is 9.84 Å². The molecule has 0 aromatic carbocycles. The standard InChI is InChI=1S/C11H16N2O3/c1-7-10(11(14)15)8(2)13(12-7)6-16-5-9-3-4-9/h9H,3-6H2,1-2H3,(H,14,15). The Kier molecular flexibility index (Phi) is 2.96. The second kappa shape index (κ2) is 4.25. The Labute approximate surface area is 94.0 Å². The van der Waals surface area contributed by atoms with Crippen molar-refractivity contribution in [2.45, 2.75) is 33.4 Å². The molecule has 1 aromatic rings. The third kappa shape index (κ3) is 2.24. The molecule has 5 nitrogen and oxygen atoms in total. The van der Waals surface area contributed by atoms with Gasteiger partial charge in [-0.15, -0.1) is 0 Å². The van der Waals surface area contributed by atoms with Crippen molar-refractivity contribution in [2.24, 2.45) is 5.92 Å². The van der Waals surface area contributed by atoms with E-state index in [1.807, 2.05) is 0 Å². The first-order valence-electron chi connectivity index (χ1n) is 5.44. The number of hydrogen-bond donors (Lipinski definition) is 1. The Morgan fingerprint density at radius 1 is 1.56 bits per heavy atom. The summed E-state index contributed by atoms with van der Waals surface area (Å²) in [5.74, 6) is -0.223. The molecule has 1 N–H and O–H groups in total. The van der Waals surface area contributed by atoms with Crippen molar-refractivity contribution >= 4 is 5.97 Å². The van der Waals surface area contributed by atoms with Gasteiger partial charge in [-0.3, -0.25) is 0 Å². The molecule has 0 bridgehead atoms. The third-order valence-corrected chi connectivity index (χ3v) is 2.86. The van der Waals surface area contributed by atoms with Crippen LogP contribution in [0.1, 0.15) is 34.6 Å². The molecule has 0 radical (unpaired) electrons. The van der Waals surface area contributed by atoms with Crippen molar-refractivity contribution in [3.05, 3.63) is 17.0 Å². The minimum Gasteiger partial charge on any atom is -0.478 e. The lowest BCUT2D eigenvalue weighted by Gasteiger charge is -2.05. The Morgan fingerprint density at radius 2 is 2.25 bits per heavy atom. The van der Waals surface area contributed by atoms with E-state index >= 15 is 0 Å². The van der Waals surface area contributed by atoms with Gasteiger partial charge in [0.15, 0.2) is 0 Å². The number of ether oxygens (including phenoxy) is 1. The van der Waals surface area contributed by atoms with Crippen molar-refractivity contribution < 1.29 is 14.6 Å². The van der Waals surface area contributed by atoms with Crippen LogP contribution in [0.5, 0.6) is 0 Å². The van der Waals surface area contributed by atoms with E-state index in [1.165, 1.54) is 12.8 Å². The monoisotopic (exact) mass is 224 g/mol. The van der Waals surface area contributed by atoms with Crippen LogP contribution < -0.4 is 0 Å². The second-order valence-corrected chi connectivity index (χ2v) is 4.29. The summed E-state index contributed by atoms with van der Waals surface area (Å²) < 4.78 is 7.09. The van der Waals surface area contributed by atoms with E-state index in [4.69, 9.17) is 9.84 Å². The maximum absolute atomic E-state index is 11.0. The molecule has 0 amide bonds. The third-order valence-electron chi connectivity index (χ3n) is 2.86. The van der Waals surface area contributed by atoms with Crippen LogP contribution in [0.2, 0.25) is 0 Å². The first-order chi connectivity index (χ1) is 7.59. The lowest BCUT2D eigenvalue weighted by Crippen LogP contribution is -2.09. The summed E-state index contributed by atoms with van der Waals surface area (Å²) in [7, 11) is 0. The number of aromatic nitrogens is 2. The van der Waals surface area contributed by atoms with Gasteiger partial charge in [-0.25, -0.2) is 9.48 Å². The zero-order chi connectivity index (χ0) is 11.7. The first kappa shape index (κ1) is 11.1. The zero-order valence-corrected chi connectivity index (χ0v) is 9.56. The van der Waals surface area contributed by atoms with Crippen molar-refractivity contribution in [2.75, 3.05) is 6.61 Å². The molecule has 1 saturated carbocycles. The van der Waals surface area contributed by atoms with E-state index in [-0.39, 0.29) is 5.56 Å². The summed E-state index contributed by atoms with van der Waals surface area (Å²) in [5, 5.41) is 13.1. The summed E-state index contributed by atoms with van der Waals surface area (Å²) in [4.78, 5) is 11.0. The molecule has 88 valence electrons. The first-order valence-corrected chi connectivity index (χ1v) is 5.44. The van der Waals surface area contributed by atoms with Crippen LogP contribution >= 0.6 is 0 Å². The van der Waals surface area contributed by atoms with Gasteiger partial charge in [0, 0.05) is 0 Å². The molecule has 5 heteroatoms.